The molecule has 0 saturated carbocycles. The summed E-state index contributed by atoms with van der Waals surface area (Å²) in [5.41, 5.74) is 3.46. The molecule has 3 rings (SSSR count). The molecule has 0 aliphatic heterocycles. The highest BCUT2D eigenvalue weighted by atomic mass is 16.6. The van der Waals surface area contributed by atoms with E-state index >= 15 is 0 Å². The molecule has 0 heterocycles. The maximum Gasteiger partial charge on any atom is 0.338 e. The average molecular weight is 384 g/mol. The number of carbonyl (C=O) groups excluding carboxylic acids is 2. The Balaban J connectivity index is 1.63. The lowest BCUT2D eigenvalue weighted by atomic mass is 10.1. The van der Waals surface area contributed by atoms with Crippen molar-refractivity contribution < 1.29 is 24.0 Å². The van der Waals surface area contributed by atoms with Gasteiger partial charge in [0.05, 0.1) is 17.6 Å². The second-order valence-electron chi connectivity index (χ2n) is 6.56. The molecule has 0 saturated heterocycles. The van der Waals surface area contributed by atoms with Crippen molar-refractivity contribution in [2.45, 2.75) is 26.2 Å². The van der Waals surface area contributed by atoms with Crippen LogP contribution in [0.4, 0.5) is 11.4 Å². The number of hydrogen-bond acceptors (Lipinski definition) is 6. The third kappa shape index (κ3) is 4.11. The summed E-state index contributed by atoms with van der Waals surface area (Å²) in [5, 5.41) is 13.6. The number of rotatable bonds is 6. The number of hydrogen-bond donors (Lipinski definition) is 1. The molecule has 1 aliphatic rings. The molecule has 1 amide bonds. The van der Waals surface area contributed by atoms with Crippen LogP contribution in [0.1, 0.15) is 33.5 Å². The largest absolute Gasteiger partial charge is 0.490 e. The summed E-state index contributed by atoms with van der Waals surface area (Å²) in [6.45, 7) is 1.16. The predicted molar refractivity (Wildman–Crippen MR) is 102 cm³/mol. The zero-order chi connectivity index (χ0) is 20.3. The fourth-order valence-electron chi connectivity index (χ4n) is 3.21. The second kappa shape index (κ2) is 8.08. The van der Waals surface area contributed by atoms with E-state index in [0.717, 1.165) is 24.8 Å². The molecule has 8 nitrogen and oxygen atoms in total. The Morgan fingerprint density at radius 3 is 2.64 bits per heavy atom. The van der Waals surface area contributed by atoms with Gasteiger partial charge in [-0.15, -0.1) is 0 Å². The number of fused-ring (bicyclic) bond motifs is 1. The Bertz CT molecular complexity index is 954. The average Bonchev–Trinajstić information content (AvgIpc) is 3.15. The van der Waals surface area contributed by atoms with Gasteiger partial charge in [0.2, 0.25) is 0 Å². The Morgan fingerprint density at radius 1 is 1.18 bits per heavy atom. The molecule has 2 aromatic carbocycles. The molecule has 0 atom stereocenters. The molecule has 1 aliphatic carbocycles. The molecule has 1 N–H and O–H groups in total. The summed E-state index contributed by atoms with van der Waals surface area (Å²) in [6, 6.07) is 8.12. The highest BCUT2D eigenvalue weighted by Crippen LogP contribution is 2.32. The van der Waals surface area contributed by atoms with Gasteiger partial charge in [-0.2, -0.15) is 0 Å². The van der Waals surface area contributed by atoms with E-state index in [9.17, 15) is 19.7 Å². The summed E-state index contributed by atoms with van der Waals surface area (Å²) in [5.74, 6) is -1.09. The highest BCUT2D eigenvalue weighted by molar-refractivity contribution is 5.96. The first-order valence-corrected chi connectivity index (χ1v) is 8.81. The van der Waals surface area contributed by atoms with Crippen LogP contribution >= 0.6 is 0 Å². The van der Waals surface area contributed by atoms with Crippen LogP contribution in [-0.4, -0.2) is 30.5 Å². The SMILES string of the molecule is COc1cc(NC(=O)COC(=O)c2ccc3c(c2)CCC3)c(C)cc1[N+](=O)[O-]. The van der Waals surface area contributed by atoms with Gasteiger partial charge in [0, 0.05) is 17.8 Å². The van der Waals surface area contributed by atoms with E-state index in [2.05, 4.69) is 5.32 Å². The number of nitrogens with one attached hydrogen (secondary N) is 1. The third-order valence-electron chi connectivity index (χ3n) is 4.67. The summed E-state index contributed by atoms with van der Waals surface area (Å²) < 4.78 is 10.1. The van der Waals surface area contributed by atoms with Gasteiger partial charge in [-0.1, -0.05) is 6.07 Å². The number of carbonyl (C=O) groups is 2. The Labute approximate surface area is 161 Å². The Morgan fingerprint density at radius 2 is 1.93 bits per heavy atom. The van der Waals surface area contributed by atoms with Gasteiger partial charge >= 0.3 is 11.7 Å². The second-order valence-corrected chi connectivity index (χ2v) is 6.56. The Kier molecular flexibility index (Phi) is 5.58. The molecule has 2 aromatic rings. The lowest BCUT2D eigenvalue weighted by molar-refractivity contribution is -0.385. The molecule has 0 aromatic heterocycles. The van der Waals surface area contributed by atoms with Crippen LogP contribution in [0.3, 0.4) is 0 Å². The van der Waals surface area contributed by atoms with Crippen molar-refractivity contribution in [3.63, 3.8) is 0 Å². The van der Waals surface area contributed by atoms with Crippen molar-refractivity contribution in [2.75, 3.05) is 19.0 Å². The first kappa shape index (κ1) is 19.3. The first-order valence-electron chi connectivity index (χ1n) is 8.81. The minimum absolute atomic E-state index is 0.0287. The van der Waals surface area contributed by atoms with E-state index in [1.165, 1.54) is 24.8 Å². The Hall–Kier alpha value is -3.42. The summed E-state index contributed by atoms with van der Waals surface area (Å²) in [4.78, 5) is 34.8. The van der Waals surface area contributed by atoms with Crippen molar-refractivity contribution >= 4 is 23.3 Å². The van der Waals surface area contributed by atoms with Crippen molar-refractivity contribution in [1.29, 1.82) is 0 Å². The minimum atomic E-state index is -0.567. The van der Waals surface area contributed by atoms with Crippen LogP contribution in [0.5, 0.6) is 5.75 Å². The fourth-order valence-corrected chi connectivity index (χ4v) is 3.21. The molecule has 0 bridgehead atoms. The smallest absolute Gasteiger partial charge is 0.338 e. The van der Waals surface area contributed by atoms with Crippen LogP contribution in [0, 0.1) is 17.0 Å². The zero-order valence-corrected chi connectivity index (χ0v) is 15.6. The number of nitro groups is 1. The van der Waals surface area contributed by atoms with Gasteiger partial charge in [0.15, 0.2) is 12.4 Å². The van der Waals surface area contributed by atoms with Gasteiger partial charge in [-0.25, -0.2) is 4.79 Å². The van der Waals surface area contributed by atoms with Crippen LogP contribution in [0.2, 0.25) is 0 Å². The van der Waals surface area contributed by atoms with Crippen molar-refractivity contribution in [3.8, 4) is 5.75 Å². The van der Waals surface area contributed by atoms with Crippen LogP contribution in [-0.2, 0) is 22.4 Å². The quantitative estimate of drug-likeness (QED) is 0.465. The number of ether oxygens (including phenoxy) is 2. The van der Waals surface area contributed by atoms with Gasteiger partial charge in [0.25, 0.3) is 5.91 Å². The maximum absolute atomic E-state index is 12.2. The first-order chi connectivity index (χ1) is 13.4. The molecule has 28 heavy (non-hydrogen) atoms. The van der Waals surface area contributed by atoms with Gasteiger partial charge in [0.1, 0.15) is 0 Å². The van der Waals surface area contributed by atoms with Crippen LogP contribution in [0.25, 0.3) is 0 Å². The number of methoxy groups -OCH3 is 1. The maximum atomic E-state index is 12.2. The standard InChI is InChI=1S/C20H20N2O6/c1-12-8-17(22(25)26)18(27-2)10-16(12)21-19(23)11-28-20(24)15-7-6-13-4-3-5-14(13)9-15/h6-10H,3-5,11H2,1-2H3,(H,21,23). The monoisotopic (exact) mass is 384 g/mol. The highest BCUT2D eigenvalue weighted by Gasteiger charge is 2.19. The number of anilines is 1. The summed E-state index contributed by atoms with van der Waals surface area (Å²) >= 11 is 0. The predicted octanol–water partition coefficient (Wildman–Crippen LogP) is 3.20. The topological polar surface area (TPSA) is 108 Å². The number of nitrogens with zero attached hydrogens (tertiary/aromatic N) is 1. The lowest BCUT2D eigenvalue weighted by Gasteiger charge is -2.11. The third-order valence-corrected chi connectivity index (χ3v) is 4.67. The minimum Gasteiger partial charge on any atom is -0.490 e. The summed E-state index contributed by atoms with van der Waals surface area (Å²) in [6.07, 6.45) is 3.04. The van der Waals surface area contributed by atoms with Gasteiger partial charge in [-0.05, 0) is 55.0 Å². The molecule has 0 spiro atoms. The van der Waals surface area contributed by atoms with E-state index in [0.29, 0.717) is 16.8 Å². The molecular formula is C20H20N2O6. The van der Waals surface area contributed by atoms with Gasteiger partial charge < -0.3 is 14.8 Å². The van der Waals surface area contributed by atoms with Crippen molar-refractivity contribution in [3.05, 3.63) is 62.7 Å². The molecule has 0 radical (unpaired) electrons. The van der Waals surface area contributed by atoms with E-state index < -0.39 is 23.4 Å². The van der Waals surface area contributed by atoms with E-state index in [4.69, 9.17) is 9.47 Å². The molecular weight excluding hydrogens is 364 g/mol. The van der Waals surface area contributed by atoms with Crippen LogP contribution in [0.15, 0.2) is 30.3 Å². The molecule has 8 heteroatoms. The molecule has 0 unspecified atom stereocenters. The van der Waals surface area contributed by atoms with Crippen molar-refractivity contribution in [2.24, 2.45) is 0 Å². The normalized spacial score (nSPS) is 12.2. The fraction of sp³-hybridized carbons (Fsp3) is 0.300. The van der Waals surface area contributed by atoms with Crippen molar-refractivity contribution in [1.82, 2.24) is 0 Å². The zero-order valence-electron chi connectivity index (χ0n) is 15.6. The van der Waals surface area contributed by atoms with E-state index in [1.54, 1.807) is 13.0 Å². The van der Waals surface area contributed by atoms with Gasteiger partial charge in [-0.3, -0.25) is 14.9 Å². The number of benzene rings is 2. The number of esters is 1. The lowest BCUT2D eigenvalue weighted by Crippen LogP contribution is -2.21. The van der Waals surface area contributed by atoms with E-state index in [-0.39, 0.29) is 11.4 Å². The van der Waals surface area contributed by atoms with Crippen LogP contribution < -0.4 is 10.1 Å². The summed E-state index contributed by atoms with van der Waals surface area (Å²) in [7, 11) is 1.31. The number of amides is 1. The molecule has 0 fully saturated rings. The number of aryl methyl sites for hydroxylation is 3. The number of nitro benzene ring substituents is 1. The van der Waals surface area contributed by atoms with E-state index in [1.807, 2.05) is 12.1 Å². The molecule has 146 valence electrons.